The predicted octanol–water partition coefficient (Wildman–Crippen LogP) is 2.36. The minimum atomic E-state index is -0.0206. The lowest BCUT2D eigenvalue weighted by Crippen LogP contribution is -2.37. The van der Waals surface area contributed by atoms with Crippen LogP contribution in [0.15, 0.2) is 6.33 Å². The molecular formula is C16H22N4O2S. The third kappa shape index (κ3) is 3.16. The van der Waals surface area contributed by atoms with E-state index < -0.39 is 0 Å². The maximum atomic E-state index is 12.5. The quantitative estimate of drug-likeness (QED) is 0.930. The van der Waals surface area contributed by atoms with Crippen LogP contribution in [0.3, 0.4) is 0 Å². The number of aryl methyl sites for hydroxylation is 1. The molecular weight excluding hydrogens is 312 g/mol. The summed E-state index contributed by atoms with van der Waals surface area (Å²) >= 11 is 1.44. The van der Waals surface area contributed by atoms with Crippen LogP contribution >= 0.6 is 11.3 Å². The van der Waals surface area contributed by atoms with Crippen molar-refractivity contribution >= 4 is 33.3 Å². The fourth-order valence-corrected chi connectivity index (χ4v) is 3.72. The summed E-state index contributed by atoms with van der Waals surface area (Å²) in [7, 11) is 0. The number of carbonyl (C=O) groups excluding carboxylic acids is 1. The van der Waals surface area contributed by atoms with E-state index in [0.29, 0.717) is 13.2 Å². The number of morpholine rings is 1. The molecule has 0 aromatic carbocycles. The van der Waals surface area contributed by atoms with Crippen molar-refractivity contribution in [2.75, 3.05) is 31.2 Å². The first-order valence-electron chi connectivity index (χ1n) is 7.99. The molecule has 0 radical (unpaired) electrons. The highest BCUT2D eigenvalue weighted by molar-refractivity contribution is 7.20. The third-order valence-electron chi connectivity index (χ3n) is 4.21. The predicted molar refractivity (Wildman–Crippen MR) is 92.4 cm³/mol. The van der Waals surface area contributed by atoms with Crippen LogP contribution in [-0.2, 0) is 4.74 Å². The number of nitrogens with zero attached hydrogens (tertiary/aromatic N) is 3. The van der Waals surface area contributed by atoms with E-state index in [4.69, 9.17) is 4.74 Å². The first-order chi connectivity index (χ1) is 11.1. The highest BCUT2D eigenvalue weighted by Crippen LogP contribution is 2.35. The Morgan fingerprint density at radius 1 is 1.43 bits per heavy atom. The van der Waals surface area contributed by atoms with Gasteiger partial charge in [0.2, 0.25) is 0 Å². The van der Waals surface area contributed by atoms with E-state index in [1.165, 1.54) is 11.3 Å². The van der Waals surface area contributed by atoms with Crippen LogP contribution in [0, 0.1) is 6.92 Å². The van der Waals surface area contributed by atoms with Gasteiger partial charge in [0, 0.05) is 19.1 Å². The van der Waals surface area contributed by atoms with Crippen LogP contribution in [0.5, 0.6) is 0 Å². The van der Waals surface area contributed by atoms with Crippen LogP contribution in [0.25, 0.3) is 10.2 Å². The van der Waals surface area contributed by atoms with Gasteiger partial charge in [0.1, 0.15) is 17.0 Å². The van der Waals surface area contributed by atoms with Crippen LogP contribution in [0.4, 0.5) is 5.82 Å². The largest absolute Gasteiger partial charge is 0.378 e. The summed E-state index contributed by atoms with van der Waals surface area (Å²) in [5.74, 6) is 0.891. The lowest BCUT2D eigenvalue weighted by molar-refractivity contribution is 0.0943. The summed E-state index contributed by atoms with van der Waals surface area (Å²) in [4.78, 5) is 25.2. The number of amides is 1. The molecule has 0 spiro atoms. The average molecular weight is 334 g/mol. The Kier molecular flexibility index (Phi) is 4.77. The number of carbonyl (C=O) groups is 1. The van der Waals surface area contributed by atoms with Gasteiger partial charge in [0.05, 0.1) is 23.5 Å². The lowest BCUT2D eigenvalue weighted by Gasteiger charge is -2.28. The molecule has 7 heteroatoms. The summed E-state index contributed by atoms with van der Waals surface area (Å²) in [6.07, 6.45) is 2.49. The number of ether oxygens (including phenoxy) is 1. The minimum Gasteiger partial charge on any atom is -0.378 e. The summed E-state index contributed by atoms with van der Waals surface area (Å²) in [6, 6.07) is 0.164. The Morgan fingerprint density at radius 2 is 2.17 bits per heavy atom. The summed E-state index contributed by atoms with van der Waals surface area (Å²) in [5.41, 5.74) is 0.966. The molecule has 3 rings (SSSR count). The van der Waals surface area contributed by atoms with E-state index in [0.717, 1.165) is 46.0 Å². The Bertz CT molecular complexity index is 709. The Labute approximate surface area is 139 Å². The maximum Gasteiger partial charge on any atom is 0.261 e. The smallest absolute Gasteiger partial charge is 0.261 e. The highest BCUT2D eigenvalue weighted by Gasteiger charge is 2.23. The first kappa shape index (κ1) is 16.1. The van der Waals surface area contributed by atoms with E-state index in [-0.39, 0.29) is 11.9 Å². The maximum absolute atomic E-state index is 12.5. The van der Waals surface area contributed by atoms with E-state index >= 15 is 0 Å². The number of rotatable bonds is 4. The number of fused-ring (bicyclic) bond motifs is 1. The van der Waals surface area contributed by atoms with Crippen molar-refractivity contribution in [3.63, 3.8) is 0 Å². The van der Waals surface area contributed by atoms with Gasteiger partial charge in [0.25, 0.3) is 5.91 Å². The van der Waals surface area contributed by atoms with Gasteiger partial charge in [0.15, 0.2) is 0 Å². The number of aromatic nitrogens is 2. The molecule has 1 aliphatic heterocycles. The molecule has 3 heterocycles. The Hall–Kier alpha value is -1.73. The van der Waals surface area contributed by atoms with Crippen LogP contribution < -0.4 is 10.2 Å². The second-order valence-corrected chi connectivity index (χ2v) is 6.81. The van der Waals surface area contributed by atoms with Crippen LogP contribution in [-0.4, -0.2) is 48.2 Å². The minimum absolute atomic E-state index is 0.0206. The monoisotopic (exact) mass is 334 g/mol. The molecule has 6 nitrogen and oxygen atoms in total. The molecule has 0 bridgehead atoms. The van der Waals surface area contributed by atoms with Gasteiger partial charge >= 0.3 is 0 Å². The zero-order valence-electron chi connectivity index (χ0n) is 13.8. The van der Waals surface area contributed by atoms with Gasteiger partial charge in [-0.15, -0.1) is 11.3 Å². The van der Waals surface area contributed by atoms with Crippen molar-refractivity contribution < 1.29 is 9.53 Å². The number of nitrogens with one attached hydrogen (secondary N) is 1. The zero-order chi connectivity index (χ0) is 16.4. The molecule has 1 fully saturated rings. The molecule has 1 atom stereocenters. The van der Waals surface area contributed by atoms with Gasteiger partial charge in [-0.2, -0.15) is 0 Å². The van der Waals surface area contributed by atoms with E-state index in [1.807, 2.05) is 13.8 Å². The molecule has 1 aliphatic rings. The topological polar surface area (TPSA) is 67.4 Å². The summed E-state index contributed by atoms with van der Waals surface area (Å²) in [5, 5.41) is 4.03. The Balaban J connectivity index is 1.99. The van der Waals surface area contributed by atoms with Crippen LogP contribution in [0.1, 0.15) is 35.5 Å². The molecule has 0 saturated carbocycles. The third-order valence-corrected chi connectivity index (χ3v) is 5.41. The van der Waals surface area contributed by atoms with E-state index in [1.54, 1.807) is 6.33 Å². The average Bonchev–Trinajstić information content (AvgIpc) is 2.93. The molecule has 1 amide bonds. The van der Waals surface area contributed by atoms with Crippen molar-refractivity contribution in [2.45, 2.75) is 33.2 Å². The number of thiophene rings is 1. The molecule has 1 unspecified atom stereocenters. The van der Waals surface area contributed by atoms with E-state index in [2.05, 4.69) is 27.1 Å². The van der Waals surface area contributed by atoms with Gasteiger partial charge < -0.3 is 15.0 Å². The lowest BCUT2D eigenvalue weighted by atomic mass is 10.1. The molecule has 0 aliphatic carbocycles. The van der Waals surface area contributed by atoms with Crippen molar-refractivity contribution in [3.8, 4) is 0 Å². The zero-order valence-corrected chi connectivity index (χ0v) is 14.6. The highest BCUT2D eigenvalue weighted by atomic mass is 32.1. The second kappa shape index (κ2) is 6.80. The molecule has 1 saturated heterocycles. The molecule has 23 heavy (non-hydrogen) atoms. The SMILES string of the molecule is CCC(C)NC(=O)c1sc2ncnc(N3CCOCC3)c2c1C. The molecule has 1 N–H and O–H groups in total. The summed E-state index contributed by atoms with van der Waals surface area (Å²) in [6.45, 7) is 9.10. The fourth-order valence-electron chi connectivity index (χ4n) is 2.68. The fraction of sp³-hybridized carbons (Fsp3) is 0.562. The van der Waals surface area contributed by atoms with Crippen molar-refractivity contribution in [3.05, 3.63) is 16.8 Å². The normalized spacial score (nSPS) is 16.6. The van der Waals surface area contributed by atoms with Gasteiger partial charge in [-0.25, -0.2) is 9.97 Å². The van der Waals surface area contributed by atoms with Crippen molar-refractivity contribution in [2.24, 2.45) is 0 Å². The van der Waals surface area contributed by atoms with Gasteiger partial charge in [-0.1, -0.05) is 6.92 Å². The number of hydrogen-bond donors (Lipinski definition) is 1. The van der Waals surface area contributed by atoms with Crippen molar-refractivity contribution in [1.82, 2.24) is 15.3 Å². The van der Waals surface area contributed by atoms with Gasteiger partial charge in [-0.3, -0.25) is 4.79 Å². The number of hydrogen-bond acceptors (Lipinski definition) is 6. The van der Waals surface area contributed by atoms with Crippen molar-refractivity contribution in [1.29, 1.82) is 0 Å². The molecule has 2 aromatic rings. The standard InChI is InChI=1S/C16H22N4O2S/c1-4-10(2)19-15(21)13-11(3)12-14(17-9-18-16(12)23-13)20-5-7-22-8-6-20/h9-10H,4-8H2,1-3H3,(H,19,21). The van der Waals surface area contributed by atoms with Crippen LogP contribution in [0.2, 0.25) is 0 Å². The van der Waals surface area contributed by atoms with Gasteiger partial charge in [-0.05, 0) is 25.8 Å². The second-order valence-electron chi connectivity index (χ2n) is 5.82. The summed E-state index contributed by atoms with van der Waals surface area (Å²) < 4.78 is 5.42. The Morgan fingerprint density at radius 3 is 2.87 bits per heavy atom. The number of anilines is 1. The molecule has 2 aromatic heterocycles. The van der Waals surface area contributed by atoms with E-state index in [9.17, 15) is 4.79 Å². The molecule has 124 valence electrons. The first-order valence-corrected chi connectivity index (χ1v) is 8.81.